The SMILES string of the molecule is CCC1CC2(CCCCS2)C1. The molecule has 0 N–H and O–H groups in total. The molecule has 1 saturated carbocycles. The maximum Gasteiger partial charge on any atom is 0.0165 e. The van der Waals surface area contributed by atoms with Crippen LogP contribution in [0, 0.1) is 5.92 Å². The topological polar surface area (TPSA) is 0 Å². The summed E-state index contributed by atoms with van der Waals surface area (Å²) in [5.74, 6) is 2.52. The molecule has 0 aromatic carbocycles. The van der Waals surface area contributed by atoms with E-state index in [4.69, 9.17) is 0 Å². The Kier molecular flexibility index (Phi) is 2.18. The van der Waals surface area contributed by atoms with Crippen LogP contribution in [0.3, 0.4) is 0 Å². The van der Waals surface area contributed by atoms with E-state index in [0.29, 0.717) is 0 Å². The van der Waals surface area contributed by atoms with Crippen LogP contribution in [-0.2, 0) is 0 Å². The van der Waals surface area contributed by atoms with Crippen LogP contribution in [0.15, 0.2) is 0 Å². The van der Waals surface area contributed by atoms with E-state index < -0.39 is 0 Å². The third kappa shape index (κ3) is 1.44. The zero-order chi connectivity index (χ0) is 7.73. The van der Waals surface area contributed by atoms with Gasteiger partial charge in [0.05, 0.1) is 0 Å². The van der Waals surface area contributed by atoms with E-state index in [1.54, 1.807) is 0 Å². The van der Waals surface area contributed by atoms with Gasteiger partial charge in [-0.05, 0) is 37.4 Å². The van der Waals surface area contributed by atoms with Crippen molar-refractivity contribution in [1.82, 2.24) is 0 Å². The first-order chi connectivity index (χ1) is 5.35. The molecule has 64 valence electrons. The van der Waals surface area contributed by atoms with Gasteiger partial charge in [0, 0.05) is 4.75 Å². The van der Waals surface area contributed by atoms with Gasteiger partial charge in [0.15, 0.2) is 0 Å². The molecule has 1 spiro atoms. The summed E-state index contributed by atoms with van der Waals surface area (Å²) in [4.78, 5) is 0. The van der Waals surface area contributed by atoms with Gasteiger partial charge in [-0.15, -0.1) is 0 Å². The molecule has 2 aliphatic rings. The Morgan fingerprint density at radius 3 is 2.73 bits per heavy atom. The molecule has 0 atom stereocenters. The highest BCUT2D eigenvalue weighted by molar-refractivity contribution is 8.00. The van der Waals surface area contributed by atoms with Crippen molar-refractivity contribution in [2.75, 3.05) is 5.75 Å². The Morgan fingerprint density at radius 2 is 2.18 bits per heavy atom. The average Bonchev–Trinajstić information content (AvgIpc) is 2.01. The van der Waals surface area contributed by atoms with Gasteiger partial charge in [0.1, 0.15) is 0 Å². The van der Waals surface area contributed by atoms with Crippen molar-refractivity contribution in [2.24, 2.45) is 5.92 Å². The molecule has 0 bridgehead atoms. The summed E-state index contributed by atoms with van der Waals surface area (Å²) in [6, 6.07) is 0. The summed E-state index contributed by atoms with van der Waals surface area (Å²) < 4.78 is 0.791. The van der Waals surface area contributed by atoms with E-state index in [1.807, 2.05) is 0 Å². The van der Waals surface area contributed by atoms with Crippen LogP contribution in [0.5, 0.6) is 0 Å². The normalized spacial score (nSPS) is 43.9. The van der Waals surface area contributed by atoms with Crippen LogP contribution in [0.2, 0.25) is 0 Å². The van der Waals surface area contributed by atoms with Gasteiger partial charge in [-0.1, -0.05) is 19.8 Å². The molecule has 1 saturated heterocycles. The van der Waals surface area contributed by atoms with Crippen molar-refractivity contribution in [2.45, 2.75) is 50.2 Å². The Bertz CT molecular complexity index is 128. The standard InChI is InChI=1S/C10H18S/c1-2-9-7-10(8-9)5-3-4-6-11-10/h9H,2-8H2,1H3. The Labute approximate surface area is 74.1 Å². The van der Waals surface area contributed by atoms with E-state index in [0.717, 1.165) is 10.7 Å². The third-order valence-corrected chi connectivity index (χ3v) is 4.98. The molecule has 0 radical (unpaired) electrons. The van der Waals surface area contributed by atoms with Crippen LogP contribution < -0.4 is 0 Å². The van der Waals surface area contributed by atoms with Crippen molar-refractivity contribution < 1.29 is 0 Å². The van der Waals surface area contributed by atoms with Gasteiger partial charge in [-0.25, -0.2) is 0 Å². The minimum atomic E-state index is 0.791. The lowest BCUT2D eigenvalue weighted by atomic mass is 9.70. The van der Waals surface area contributed by atoms with Crippen LogP contribution in [0.25, 0.3) is 0 Å². The lowest BCUT2D eigenvalue weighted by molar-refractivity contribution is 0.204. The molecule has 0 aromatic rings. The number of hydrogen-bond donors (Lipinski definition) is 0. The molecule has 0 unspecified atom stereocenters. The molecule has 0 nitrogen and oxygen atoms in total. The second-order valence-corrected chi connectivity index (χ2v) is 5.73. The fourth-order valence-corrected chi connectivity index (χ4v) is 4.29. The summed E-state index contributed by atoms with van der Waals surface area (Å²) >= 11 is 2.27. The first-order valence-electron chi connectivity index (χ1n) is 4.99. The molecular formula is C10H18S. The fraction of sp³-hybridized carbons (Fsp3) is 1.00. The summed E-state index contributed by atoms with van der Waals surface area (Å²) in [5, 5.41) is 0. The fourth-order valence-electron chi connectivity index (χ4n) is 2.51. The predicted octanol–water partition coefficient (Wildman–Crippen LogP) is 3.46. The maximum atomic E-state index is 2.34. The third-order valence-electron chi connectivity index (χ3n) is 3.33. The lowest BCUT2D eigenvalue weighted by Crippen LogP contribution is -2.42. The molecular weight excluding hydrogens is 152 g/mol. The highest BCUT2D eigenvalue weighted by Gasteiger charge is 2.43. The average molecular weight is 170 g/mol. The lowest BCUT2D eigenvalue weighted by Gasteiger charge is -2.49. The second kappa shape index (κ2) is 3.01. The summed E-state index contributed by atoms with van der Waals surface area (Å²) in [7, 11) is 0. The monoisotopic (exact) mass is 170 g/mol. The number of hydrogen-bond acceptors (Lipinski definition) is 1. The molecule has 0 aromatic heterocycles. The zero-order valence-corrected chi connectivity index (χ0v) is 8.25. The van der Waals surface area contributed by atoms with Crippen LogP contribution >= 0.6 is 11.8 Å². The van der Waals surface area contributed by atoms with Crippen LogP contribution in [0.1, 0.15) is 45.4 Å². The van der Waals surface area contributed by atoms with Crippen LogP contribution in [-0.4, -0.2) is 10.5 Å². The summed E-state index contributed by atoms with van der Waals surface area (Å²) in [5.41, 5.74) is 0. The molecule has 1 aliphatic carbocycles. The summed E-state index contributed by atoms with van der Waals surface area (Å²) in [6.07, 6.45) is 8.99. The van der Waals surface area contributed by atoms with Crippen molar-refractivity contribution in [3.63, 3.8) is 0 Å². The Morgan fingerprint density at radius 1 is 1.36 bits per heavy atom. The van der Waals surface area contributed by atoms with E-state index in [2.05, 4.69) is 18.7 Å². The second-order valence-electron chi connectivity index (χ2n) is 4.17. The van der Waals surface area contributed by atoms with Crippen molar-refractivity contribution in [1.29, 1.82) is 0 Å². The van der Waals surface area contributed by atoms with Gasteiger partial charge in [0.25, 0.3) is 0 Å². The van der Waals surface area contributed by atoms with Gasteiger partial charge >= 0.3 is 0 Å². The van der Waals surface area contributed by atoms with Gasteiger partial charge in [0.2, 0.25) is 0 Å². The van der Waals surface area contributed by atoms with Gasteiger partial charge in [-0.2, -0.15) is 11.8 Å². The Balaban J connectivity index is 1.84. The molecule has 2 rings (SSSR count). The maximum absolute atomic E-state index is 2.34. The number of rotatable bonds is 1. The molecule has 1 heterocycles. The quantitative estimate of drug-likeness (QED) is 0.580. The van der Waals surface area contributed by atoms with Crippen molar-refractivity contribution >= 4 is 11.8 Å². The largest absolute Gasteiger partial charge is 0.155 e. The molecule has 1 heteroatoms. The van der Waals surface area contributed by atoms with E-state index in [1.165, 1.54) is 44.3 Å². The first kappa shape index (κ1) is 7.97. The Hall–Kier alpha value is 0.350. The first-order valence-corrected chi connectivity index (χ1v) is 5.97. The van der Waals surface area contributed by atoms with Crippen molar-refractivity contribution in [3.05, 3.63) is 0 Å². The van der Waals surface area contributed by atoms with E-state index in [9.17, 15) is 0 Å². The van der Waals surface area contributed by atoms with Crippen LogP contribution in [0.4, 0.5) is 0 Å². The van der Waals surface area contributed by atoms with Gasteiger partial charge < -0.3 is 0 Å². The van der Waals surface area contributed by atoms with Gasteiger partial charge in [-0.3, -0.25) is 0 Å². The molecule has 1 aliphatic heterocycles. The molecule has 11 heavy (non-hydrogen) atoms. The van der Waals surface area contributed by atoms with Crippen molar-refractivity contribution in [3.8, 4) is 0 Å². The number of thioether (sulfide) groups is 1. The minimum Gasteiger partial charge on any atom is -0.155 e. The smallest absolute Gasteiger partial charge is 0.0165 e. The van der Waals surface area contributed by atoms with E-state index in [-0.39, 0.29) is 0 Å². The molecule has 2 fully saturated rings. The predicted molar refractivity (Wildman–Crippen MR) is 52.1 cm³/mol. The van der Waals surface area contributed by atoms with E-state index >= 15 is 0 Å². The molecule has 0 amide bonds. The summed E-state index contributed by atoms with van der Waals surface area (Å²) in [6.45, 7) is 2.34. The highest BCUT2D eigenvalue weighted by atomic mass is 32.2. The zero-order valence-electron chi connectivity index (χ0n) is 7.44. The highest BCUT2D eigenvalue weighted by Crippen LogP contribution is 2.54. The minimum absolute atomic E-state index is 0.791.